The second-order valence-electron chi connectivity index (χ2n) is 9.93. The molecule has 1 aromatic heterocycles. The van der Waals surface area contributed by atoms with Crippen LogP contribution < -0.4 is 5.32 Å². The van der Waals surface area contributed by atoms with Crippen LogP contribution in [0.5, 0.6) is 5.88 Å². The van der Waals surface area contributed by atoms with Crippen LogP contribution >= 0.6 is 0 Å². The van der Waals surface area contributed by atoms with Crippen molar-refractivity contribution in [2.75, 3.05) is 20.6 Å². The number of nitrogens with zero attached hydrogens (tertiary/aromatic N) is 2. The first-order chi connectivity index (χ1) is 17.4. The Morgan fingerprint density at radius 2 is 1.75 bits per heavy atom. The van der Waals surface area contributed by atoms with Gasteiger partial charge in [0, 0.05) is 34.1 Å². The molecule has 3 aromatic carbocycles. The minimum Gasteiger partial charge on any atom is -0.494 e. The van der Waals surface area contributed by atoms with Crippen LogP contribution in [0.2, 0.25) is 0 Å². The van der Waals surface area contributed by atoms with E-state index in [-0.39, 0.29) is 17.3 Å². The van der Waals surface area contributed by atoms with Crippen molar-refractivity contribution in [1.29, 1.82) is 0 Å². The zero-order valence-corrected chi connectivity index (χ0v) is 21.0. The summed E-state index contributed by atoms with van der Waals surface area (Å²) in [5, 5.41) is 14.9. The van der Waals surface area contributed by atoms with Crippen LogP contribution in [0, 0.1) is 6.92 Å². The van der Waals surface area contributed by atoms with E-state index in [0.717, 1.165) is 34.9 Å². The average Bonchev–Trinajstić information content (AvgIpc) is 3.17. The molecule has 0 atom stereocenters. The molecule has 6 heteroatoms. The number of hydrogen-bond donors (Lipinski definition) is 3. The van der Waals surface area contributed by atoms with Crippen LogP contribution in [-0.4, -0.2) is 52.8 Å². The van der Waals surface area contributed by atoms with Gasteiger partial charge in [0.15, 0.2) is 5.88 Å². The molecule has 184 valence electrons. The van der Waals surface area contributed by atoms with Crippen molar-refractivity contribution >= 4 is 28.2 Å². The first-order valence-corrected chi connectivity index (χ1v) is 12.4. The number of aromatic nitrogens is 1. The fraction of sp³-hybridized carbons (Fsp3) is 0.267. The Kier molecular flexibility index (Phi) is 6.37. The fourth-order valence-corrected chi connectivity index (χ4v) is 4.92. The quantitative estimate of drug-likeness (QED) is 0.303. The van der Waals surface area contributed by atoms with Gasteiger partial charge in [-0.15, -0.1) is 0 Å². The van der Waals surface area contributed by atoms with E-state index < -0.39 is 0 Å². The minimum absolute atomic E-state index is 0.0736. The average molecular weight is 481 g/mol. The van der Waals surface area contributed by atoms with Crippen molar-refractivity contribution in [3.05, 3.63) is 95.1 Å². The molecule has 1 saturated carbocycles. The maximum absolute atomic E-state index is 12.8. The van der Waals surface area contributed by atoms with Crippen LogP contribution in [0.1, 0.15) is 46.3 Å². The molecule has 0 radical (unpaired) electrons. The molecule has 1 heterocycles. The molecule has 4 aromatic rings. The third kappa shape index (κ3) is 4.52. The van der Waals surface area contributed by atoms with Gasteiger partial charge in [0.2, 0.25) is 0 Å². The lowest BCUT2D eigenvalue weighted by atomic mass is 9.75. The molecule has 0 unspecified atom stereocenters. The highest BCUT2D eigenvalue weighted by Crippen LogP contribution is 2.35. The highest BCUT2D eigenvalue weighted by atomic mass is 16.3. The van der Waals surface area contributed by atoms with E-state index >= 15 is 0 Å². The Hall–Kier alpha value is -3.90. The number of H-pyrrole nitrogens is 1. The molecule has 0 spiro atoms. The Bertz CT molecular complexity index is 1410. The maximum Gasteiger partial charge on any atom is 0.251 e. The summed E-state index contributed by atoms with van der Waals surface area (Å²) in [6.07, 6.45) is 3.42. The molecule has 0 aliphatic heterocycles. The van der Waals surface area contributed by atoms with E-state index in [9.17, 15) is 9.90 Å². The summed E-state index contributed by atoms with van der Waals surface area (Å²) in [6.45, 7) is 2.68. The number of aromatic amines is 1. The summed E-state index contributed by atoms with van der Waals surface area (Å²) in [5.74, 6) is 0.00621. The number of rotatable bonds is 7. The number of carbonyl (C=O) groups excluding carboxylic acids is 1. The van der Waals surface area contributed by atoms with Gasteiger partial charge in [-0.05, 0) is 76.7 Å². The van der Waals surface area contributed by atoms with Crippen molar-refractivity contribution in [3.63, 3.8) is 0 Å². The van der Waals surface area contributed by atoms with Crippen LogP contribution in [0.4, 0.5) is 5.69 Å². The molecule has 5 rings (SSSR count). The lowest BCUT2D eigenvalue weighted by Crippen LogP contribution is -2.57. The van der Waals surface area contributed by atoms with Crippen molar-refractivity contribution in [2.24, 2.45) is 4.99 Å². The van der Waals surface area contributed by atoms with E-state index in [1.54, 1.807) is 12.1 Å². The summed E-state index contributed by atoms with van der Waals surface area (Å²) in [7, 11) is 4.16. The van der Waals surface area contributed by atoms with E-state index in [1.807, 2.05) is 61.5 Å². The summed E-state index contributed by atoms with van der Waals surface area (Å²) in [5.41, 5.74) is 5.56. The van der Waals surface area contributed by atoms with Crippen LogP contribution in [0.15, 0.2) is 77.8 Å². The highest BCUT2D eigenvalue weighted by Gasteiger charge is 2.39. The SMILES string of the molecule is Cc1ccc2[nH]c(O)c(C(=Nc3ccc(C(=O)NCC4(N(C)C)CCC4)cc3)c3ccccc3)c2c1. The Labute approximate surface area is 211 Å². The minimum atomic E-state index is -0.0771. The molecule has 1 aliphatic carbocycles. The number of nitrogens with one attached hydrogen (secondary N) is 2. The van der Waals surface area contributed by atoms with Gasteiger partial charge in [-0.25, -0.2) is 4.99 Å². The standard InChI is InChI=1S/C30H32N4O2/c1-20-10-15-25-24(18-20)26(29(36)33-25)27(21-8-5-4-6-9-21)32-23-13-11-22(12-14-23)28(35)31-19-30(34(2)3)16-7-17-30/h4-6,8-15,18,33,36H,7,16-17,19H2,1-3H3,(H,31,35). The van der Waals surface area contributed by atoms with E-state index in [0.29, 0.717) is 29.1 Å². The van der Waals surface area contributed by atoms with Crippen molar-refractivity contribution in [1.82, 2.24) is 15.2 Å². The van der Waals surface area contributed by atoms with E-state index in [1.165, 1.54) is 6.42 Å². The number of fused-ring (bicyclic) bond motifs is 1. The Morgan fingerprint density at radius 1 is 1.03 bits per heavy atom. The monoisotopic (exact) mass is 480 g/mol. The Balaban J connectivity index is 1.46. The molecule has 6 nitrogen and oxygen atoms in total. The number of aromatic hydroxyl groups is 1. The number of hydrogen-bond acceptors (Lipinski definition) is 4. The number of aryl methyl sites for hydroxylation is 1. The smallest absolute Gasteiger partial charge is 0.251 e. The Morgan fingerprint density at radius 3 is 2.39 bits per heavy atom. The van der Waals surface area contributed by atoms with Crippen molar-refractivity contribution < 1.29 is 9.90 Å². The normalized spacial score (nSPS) is 15.2. The number of likely N-dealkylation sites (N-methyl/N-ethyl adjacent to an activating group) is 1. The molecule has 36 heavy (non-hydrogen) atoms. The summed E-state index contributed by atoms with van der Waals surface area (Å²) in [4.78, 5) is 23.1. The number of amides is 1. The van der Waals surface area contributed by atoms with Crippen molar-refractivity contribution in [3.8, 4) is 5.88 Å². The van der Waals surface area contributed by atoms with Crippen LogP contribution in [0.3, 0.4) is 0 Å². The number of aliphatic imine (C=N–C) groups is 1. The van der Waals surface area contributed by atoms with Crippen LogP contribution in [0.25, 0.3) is 10.9 Å². The van der Waals surface area contributed by atoms with Crippen molar-refractivity contribution in [2.45, 2.75) is 31.7 Å². The molecule has 0 bridgehead atoms. The van der Waals surface area contributed by atoms with Crippen LogP contribution in [-0.2, 0) is 0 Å². The third-order valence-corrected chi connectivity index (χ3v) is 7.40. The van der Waals surface area contributed by atoms with Gasteiger partial charge in [0.1, 0.15) is 0 Å². The highest BCUT2D eigenvalue weighted by molar-refractivity contribution is 6.22. The second-order valence-corrected chi connectivity index (χ2v) is 9.93. The largest absolute Gasteiger partial charge is 0.494 e. The molecule has 1 fully saturated rings. The van der Waals surface area contributed by atoms with E-state index in [4.69, 9.17) is 4.99 Å². The molecule has 1 aliphatic rings. The van der Waals surface area contributed by atoms with Gasteiger partial charge in [-0.1, -0.05) is 42.0 Å². The first-order valence-electron chi connectivity index (χ1n) is 12.4. The zero-order valence-electron chi connectivity index (χ0n) is 21.0. The van der Waals surface area contributed by atoms with Gasteiger partial charge < -0.3 is 20.3 Å². The number of carbonyl (C=O) groups is 1. The predicted molar refractivity (Wildman–Crippen MR) is 145 cm³/mol. The number of benzene rings is 3. The van der Waals surface area contributed by atoms with E-state index in [2.05, 4.69) is 35.4 Å². The van der Waals surface area contributed by atoms with Gasteiger partial charge in [0.25, 0.3) is 5.91 Å². The summed E-state index contributed by atoms with van der Waals surface area (Å²) in [6, 6.07) is 23.2. The third-order valence-electron chi connectivity index (χ3n) is 7.40. The lowest BCUT2D eigenvalue weighted by Gasteiger charge is -2.47. The topological polar surface area (TPSA) is 80.7 Å². The maximum atomic E-state index is 12.8. The van der Waals surface area contributed by atoms with Gasteiger partial charge in [-0.2, -0.15) is 0 Å². The lowest BCUT2D eigenvalue weighted by molar-refractivity contribution is 0.0557. The molecule has 3 N–H and O–H groups in total. The van der Waals surface area contributed by atoms with Gasteiger partial charge in [0.05, 0.1) is 17.0 Å². The summed E-state index contributed by atoms with van der Waals surface area (Å²) >= 11 is 0. The predicted octanol–water partition coefficient (Wildman–Crippen LogP) is 5.57. The molecular weight excluding hydrogens is 448 g/mol. The van der Waals surface area contributed by atoms with Gasteiger partial charge >= 0.3 is 0 Å². The second kappa shape index (κ2) is 9.63. The summed E-state index contributed by atoms with van der Waals surface area (Å²) < 4.78 is 0. The van der Waals surface area contributed by atoms with Gasteiger partial charge in [-0.3, -0.25) is 4.79 Å². The molecule has 0 saturated heterocycles. The molecule has 1 amide bonds. The fourth-order valence-electron chi connectivity index (χ4n) is 4.92. The molecular formula is C30H32N4O2. The first kappa shape index (κ1) is 23.8. The zero-order chi connectivity index (χ0) is 25.3.